The number of aromatic nitrogens is 4. The van der Waals surface area contributed by atoms with Crippen LogP contribution in [-0.2, 0) is 0 Å². The third kappa shape index (κ3) is 6.73. The molecule has 5 rings (SSSR count). The number of hydrogen-bond donors (Lipinski definition) is 4. The molecule has 3 heterocycles. The van der Waals surface area contributed by atoms with Crippen LogP contribution in [0.1, 0.15) is 35.8 Å². The Bertz CT molecular complexity index is 1730. The van der Waals surface area contributed by atoms with Crippen LogP contribution in [0.3, 0.4) is 0 Å². The van der Waals surface area contributed by atoms with Crippen LogP contribution >= 0.6 is 11.8 Å². The van der Waals surface area contributed by atoms with Gasteiger partial charge in [-0.05, 0) is 72.6 Å². The normalized spacial score (nSPS) is 10.9. The molecular weight excluding hydrogens is 545 g/mol. The summed E-state index contributed by atoms with van der Waals surface area (Å²) in [6, 6.07) is 18.5. The van der Waals surface area contributed by atoms with Crippen LogP contribution in [0.5, 0.6) is 0 Å². The number of anilines is 4. The van der Waals surface area contributed by atoms with Crippen molar-refractivity contribution in [3.8, 4) is 0 Å². The Morgan fingerprint density at radius 3 is 2.44 bits per heavy atom. The van der Waals surface area contributed by atoms with Crippen LogP contribution in [0.4, 0.5) is 32.2 Å². The third-order valence-corrected chi connectivity index (χ3v) is 6.99. The molecule has 0 aliphatic carbocycles. The summed E-state index contributed by atoms with van der Waals surface area (Å²) in [5.74, 6) is 0.0293. The van der Waals surface area contributed by atoms with Gasteiger partial charge in [0.1, 0.15) is 23.8 Å². The summed E-state index contributed by atoms with van der Waals surface area (Å²) >= 11 is 1.42. The van der Waals surface area contributed by atoms with E-state index in [1.54, 1.807) is 42.5 Å². The fourth-order valence-electron chi connectivity index (χ4n) is 3.86. The lowest BCUT2D eigenvalue weighted by atomic mass is 10.1. The Hall–Kier alpha value is -5.10. The number of pyridine rings is 2. The zero-order valence-corrected chi connectivity index (χ0v) is 22.7. The highest BCUT2D eigenvalue weighted by atomic mass is 32.2. The van der Waals surface area contributed by atoms with E-state index in [-0.39, 0.29) is 11.7 Å². The molecule has 12 heteroatoms. The molecule has 41 heavy (non-hydrogen) atoms. The number of nitrogens with zero attached hydrogens (tertiary/aromatic N) is 4. The summed E-state index contributed by atoms with van der Waals surface area (Å²) in [5.41, 5.74) is 2.83. The molecule has 0 aliphatic rings. The van der Waals surface area contributed by atoms with Gasteiger partial charge >= 0.3 is 6.09 Å². The number of amides is 2. The number of nitrogens with one attached hydrogen (secondary N) is 3. The van der Waals surface area contributed by atoms with Crippen molar-refractivity contribution in [3.63, 3.8) is 0 Å². The number of benzene rings is 2. The predicted octanol–water partition coefficient (Wildman–Crippen LogP) is 6.92. The second kappa shape index (κ2) is 12.0. The summed E-state index contributed by atoms with van der Waals surface area (Å²) in [6.07, 6.45) is 1.31. The van der Waals surface area contributed by atoms with Gasteiger partial charge in [-0.25, -0.2) is 29.1 Å². The molecule has 5 aromatic rings. The number of hydrogen-bond acceptors (Lipinski definition) is 8. The van der Waals surface area contributed by atoms with Gasteiger partial charge in [0.15, 0.2) is 5.65 Å². The van der Waals surface area contributed by atoms with Crippen molar-refractivity contribution in [2.45, 2.75) is 29.6 Å². The van der Waals surface area contributed by atoms with Crippen molar-refractivity contribution in [3.05, 3.63) is 96.3 Å². The van der Waals surface area contributed by atoms with Crippen molar-refractivity contribution >= 4 is 57.8 Å². The molecule has 2 aromatic carbocycles. The summed E-state index contributed by atoms with van der Waals surface area (Å²) in [4.78, 5) is 42.9. The molecule has 0 aliphatic heterocycles. The van der Waals surface area contributed by atoms with Crippen LogP contribution in [0.25, 0.3) is 11.0 Å². The number of carbonyl (C=O) groups excluding carboxylic acids is 1. The van der Waals surface area contributed by atoms with E-state index in [9.17, 15) is 14.0 Å². The second-order valence-corrected chi connectivity index (χ2v) is 10.3. The van der Waals surface area contributed by atoms with Crippen molar-refractivity contribution in [2.24, 2.45) is 0 Å². The van der Waals surface area contributed by atoms with Gasteiger partial charge in [-0.2, -0.15) is 0 Å². The molecule has 3 aromatic heterocycles. The van der Waals surface area contributed by atoms with Gasteiger partial charge in [-0.3, -0.25) is 10.1 Å². The summed E-state index contributed by atoms with van der Waals surface area (Å²) in [5, 5.41) is 18.0. The minimum Gasteiger partial charge on any atom is -0.465 e. The summed E-state index contributed by atoms with van der Waals surface area (Å²) < 4.78 is 13.3. The van der Waals surface area contributed by atoms with Gasteiger partial charge < -0.3 is 15.7 Å². The lowest BCUT2D eigenvalue weighted by molar-refractivity contribution is 0.102. The zero-order chi connectivity index (χ0) is 28.9. The quantitative estimate of drug-likeness (QED) is 0.157. The van der Waals surface area contributed by atoms with E-state index in [2.05, 4.69) is 49.7 Å². The van der Waals surface area contributed by atoms with Gasteiger partial charge in [0.25, 0.3) is 5.91 Å². The number of rotatable bonds is 8. The standard InChI is InChI=1S/C29H24FN7O3S/c1-16(2)22-10-9-21-26(35-22)32-15-33-27(21)36-23-13-17(28(38)37-25-12-4-18(30)14-31-25)3-11-24(23)41-20-7-5-19(6-8-20)34-29(39)40/h3-16,34H,1-2H3,(H,39,40)(H,31,37,38)(H,32,33,35,36). The largest absolute Gasteiger partial charge is 0.465 e. The first-order valence-corrected chi connectivity index (χ1v) is 13.3. The molecule has 0 spiro atoms. The van der Waals surface area contributed by atoms with E-state index in [0.717, 1.165) is 21.7 Å². The maximum atomic E-state index is 13.3. The molecular formula is C29H24FN7O3S. The first-order chi connectivity index (χ1) is 19.7. The van der Waals surface area contributed by atoms with Crippen LogP contribution in [0.15, 0.2) is 89.0 Å². The fraction of sp³-hybridized carbons (Fsp3) is 0.103. The Morgan fingerprint density at radius 2 is 1.73 bits per heavy atom. The first-order valence-electron chi connectivity index (χ1n) is 12.5. The molecule has 4 N–H and O–H groups in total. The second-order valence-electron chi connectivity index (χ2n) is 9.19. The fourth-order valence-corrected chi connectivity index (χ4v) is 4.74. The Kier molecular flexibility index (Phi) is 8.01. The number of carbonyl (C=O) groups is 2. The van der Waals surface area contributed by atoms with Gasteiger partial charge in [0.05, 0.1) is 17.3 Å². The van der Waals surface area contributed by atoms with Crippen LogP contribution in [-0.4, -0.2) is 37.0 Å². The molecule has 0 radical (unpaired) electrons. The number of halogens is 1. The lowest BCUT2D eigenvalue weighted by Gasteiger charge is -2.15. The van der Waals surface area contributed by atoms with E-state index < -0.39 is 17.8 Å². The SMILES string of the molecule is CC(C)c1ccc2c(Nc3cc(C(=O)Nc4ccc(F)cn4)ccc3Sc3ccc(NC(=O)O)cc3)ncnc2n1. The van der Waals surface area contributed by atoms with Crippen LogP contribution < -0.4 is 16.0 Å². The molecule has 0 saturated carbocycles. The molecule has 0 atom stereocenters. The third-order valence-electron chi connectivity index (χ3n) is 5.91. The molecule has 2 amide bonds. The number of carboxylic acid groups (broad SMARTS) is 1. The minimum absolute atomic E-state index is 0.216. The predicted molar refractivity (Wildman–Crippen MR) is 156 cm³/mol. The topological polar surface area (TPSA) is 142 Å². The van der Waals surface area contributed by atoms with Gasteiger partial charge in [-0.15, -0.1) is 0 Å². The molecule has 206 valence electrons. The summed E-state index contributed by atoms with van der Waals surface area (Å²) in [6.45, 7) is 4.11. The zero-order valence-electron chi connectivity index (χ0n) is 21.9. The highest BCUT2D eigenvalue weighted by Crippen LogP contribution is 2.37. The Morgan fingerprint density at radius 1 is 0.927 bits per heavy atom. The Balaban J connectivity index is 1.49. The number of fused-ring (bicyclic) bond motifs is 1. The monoisotopic (exact) mass is 569 g/mol. The highest BCUT2D eigenvalue weighted by Gasteiger charge is 2.15. The van der Waals surface area contributed by atoms with Crippen LogP contribution in [0.2, 0.25) is 0 Å². The Labute approximate surface area is 238 Å². The van der Waals surface area contributed by atoms with Crippen molar-refractivity contribution in [2.75, 3.05) is 16.0 Å². The van der Waals surface area contributed by atoms with E-state index in [0.29, 0.717) is 33.8 Å². The minimum atomic E-state index is -1.14. The first kappa shape index (κ1) is 27.5. The smallest absolute Gasteiger partial charge is 0.409 e. The van der Waals surface area contributed by atoms with Gasteiger partial charge in [-0.1, -0.05) is 25.6 Å². The maximum Gasteiger partial charge on any atom is 0.409 e. The van der Waals surface area contributed by atoms with Gasteiger partial charge in [0, 0.05) is 26.7 Å². The molecule has 10 nitrogen and oxygen atoms in total. The molecule has 0 unspecified atom stereocenters. The van der Waals surface area contributed by atoms with E-state index in [1.165, 1.54) is 30.2 Å². The molecule has 0 fully saturated rings. The van der Waals surface area contributed by atoms with Gasteiger partial charge in [0.2, 0.25) is 0 Å². The van der Waals surface area contributed by atoms with E-state index >= 15 is 0 Å². The molecule has 0 bridgehead atoms. The average molecular weight is 570 g/mol. The average Bonchev–Trinajstić information content (AvgIpc) is 2.95. The van der Waals surface area contributed by atoms with Crippen molar-refractivity contribution in [1.82, 2.24) is 19.9 Å². The van der Waals surface area contributed by atoms with E-state index in [4.69, 9.17) is 5.11 Å². The maximum absolute atomic E-state index is 13.3. The molecule has 0 saturated heterocycles. The highest BCUT2D eigenvalue weighted by molar-refractivity contribution is 7.99. The summed E-state index contributed by atoms with van der Waals surface area (Å²) in [7, 11) is 0. The van der Waals surface area contributed by atoms with Crippen LogP contribution in [0, 0.1) is 5.82 Å². The van der Waals surface area contributed by atoms with Crippen molar-refractivity contribution < 1.29 is 19.1 Å². The van der Waals surface area contributed by atoms with E-state index in [1.807, 2.05) is 12.1 Å². The lowest BCUT2D eigenvalue weighted by Crippen LogP contribution is -2.13. The van der Waals surface area contributed by atoms with Crippen molar-refractivity contribution in [1.29, 1.82) is 0 Å².